The third-order valence-corrected chi connectivity index (χ3v) is 3.62. The molecule has 0 N–H and O–H groups in total. The van der Waals surface area contributed by atoms with Gasteiger partial charge in [0, 0.05) is 12.5 Å². The highest BCUT2D eigenvalue weighted by molar-refractivity contribution is 5.79. The van der Waals surface area contributed by atoms with E-state index in [0.717, 1.165) is 0 Å². The number of nitrogens with zero attached hydrogens (tertiary/aromatic N) is 2. The van der Waals surface area contributed by atoms with Gasteiger partial charge < -0.3 is 0 Å². The van der Waals surface area contributed by atoms with E-state index in [9.17, 15) is 13.6 Å². The third kappa shape index (κ3) is 3.20. The Labute approximate surface area is 139 Å². The number of hydrogen-bond donors (Lipinski definition) is 0. The Kier molecular flexibility index (Phi) is 5.44. The average Bonchev–Trinajstić information content (AvgIpc) is 2.59. The minimum absolute atomic E-state index is 0.281. The minimum Gasteiger partial charge on any atom is -0.268 e. The summed E-state index contributed by atoms with van der Waals surface area (Å²) in [6.45, 7) is 7.46. The van der Waals surface area contributed by atoms with Crippen LogP contribution in [0.3, 0.4) is 0 Å². The molecule has 0 saturated heterocycles. The van der Waals surface area contributed by atoms with Crippen LogP contribution in [0.25, 0.3) is 16.6 Å². The quantitative estimate of drug-likeness (QED) is 0.690. The van der Waals surface area contributed by atoms with Gasteiger partial charge in [0.05, 0.1) is 16.6 Å². The van der Waals surface area contributed by atoms with E-state index in [4.69, 9.17) is 0 Å². The SMILES string of the molecule is CC.CCc1nc2cc(F)c(C)cc2c(=O)n1-c1ccc(F)cc1. The Bertz CT molecular complexity index is 915. The van der Waals surface area contributed by atoms with Gasteiger partial charge in [0.1, 0.15) is 17.5 Å². The highest BCUT2D eigenvalue weighted by Crippen LogP contribution is 2.17. The summed E-state index contributed by atoms with van der Waals surface area (Å²) >= 11 is 0. The van der Waals surface area contributed by atoms with Crippen LogP contribution in [0.4, 0.5) is 8.78 Å². The first-order chi connectivity index (χ1) is 11.5. The summed E-state index contributed by atoms with van der Waals surface area (Å²) in [4.78, 5) is 17.1. The molecule has 0 atom stereocenters. The molecule has 3 rings (SSSR count). The van der Waals surface area contributed by atoms with Gasteiger partial charge in [0.15, 0.2) is 0 Å². The smallest absolute Gasteiger partial charge is 0.265 e. The predicted molar refractivity (Wildman–Crippen MR) is 92.7 cm³/mol. The molecule has 0 amide bonds. The van der Waals surface area contributed by atoms with Gasteiger partial charge in [-0.3, -0.25) is 9.36 Å². The van der Waals surface area contributed by atoms with E-state index in [1.807, 2.05) is 20.8 Å². The fourth-order valence-corrected chi connectivity index (χ4v) is 2.46. The summed E-state index contributed by atoms with van der Waals surface area (Å²) in [5.74, 6) is -0.255. The first-order valence-corrected chi connectivity index (χ1v) is 7.99. The number of fused-ring (bicyclic) bond motifs is 1. The van der Waals surface area contributed by atoms with Crippen molar-refractivity contribution in [1.29, 1.82) is 0 Å². The third-order valence-electron chi connectivity index (χ3n) is 3.62. The molecular formula is C19H20F2N2O. The number of rotatable bonds is 2. The Morgan fingerprint density at radius 1 is 1.08 bits per heavy atom. The molecule has 2 aromatic carbocycles. The second-order valence-electron chi connectivity index (χ2n) is 5.12. The van der Waals surface area contributed by atoms with Crippen molar-refractivity contribution in [3.05, 3.63) is 69.8 Å². The highest BCUT2D eigenvalue weighted by Gasteiger charge is 2.13. The van der Waals surface area contributed by atoms with Gasteiger partial charge in [-0.25, -0.2) is 13.8 Å². The summed E-state index contributed by atoms with van der Waals surface area (Å²) in [5, 5.41) is 0.348. The lowest BCUT2D eigenvalue weighted by Gasteiger charge is -2.13. The van der Waals surface area contributed by atoms with Crippen LogP contribution >= 0.6 is 0 Å². The molecule has 3 aromatic rings. The zero-order valence-corrected chi connectivity index (χ0v) is 14.2. The first kappa shape index (κ1) is 17.8. The standard InChI is InChI=1S/C17H14F2N2O.C2H6/c1-3-16-20-15-9-14(19)10(2)8-13(15)17(22)21(16)12-6-4-11(18)5-7-12;1-2/h4-9H,3H2,1-2H3;1-2H3. The number of aromatic nitrogens is 2. The van der Waals surface area contributed by atoms with Crippen molar-refractivity contribution in [2.45, 2.75) is 34.1 Å². The molecule has 0 radical (unpaired) electrons. The van der Waals surface area contributed by atoms with Gasteiger partial charge in [-0.2, -0.15) is 0 Å². The molecular weight excluding hydrogens is 310 g/mol. The van der Waals surface area contributed by atoms with Gasteiger partial charge in [-0.1, -0.05) is 20.8 Å². The van der Waals surface area contributed by atoms with Gasteiger partial charge in [0.25, 0.3) is 5.56 Å². The van der Waals surface area contributed by atoms with Gasteiger partial charge in [0.2, 0.25) is 0 Å². The van der Waals surface area contributed by atoms with Crippen LogP contribution in [-0.2, 0) is 6.42 Å². The van der Waals surface area contributed by atoms with E-state index in [0.29, 0.717) is 34.4 Å². The second kappa shape index (κ2) is 7.34. The fourth-order valence-electron chi connectivity index (χ4n) is 2.46. The largest absolute Gasteiger partial charge is 0.268 e. The monoisotopic (exact) mass is 330 g/mol. The van der Waals surface area contributed by atoms with Crippen LogP contribution in [0.5, 0.6) is 0 Å². The van der Waals surface area contributed by atoms with E-state index in [1.165, 1.54) is 41.0 Å². The molecule has 1 heterocycles. The van der Waals surface area contributed by atoms with Crippen molar-refractivity contribution in [1.82, 2.24) is 9.55 Å². The summed E-state index contributed by atoms with van der Waals surface area (Å²) in [6.07, 6.45) is 0.498. The second-order valence-corrected chi connectivity index (χ2v) is 5.12. The maximum Gasteiger partial charge on any atom is 0.265 e. The Balaban J connectivity index is 0.00000100. The molecule has 0 unspecified atom stereocenters. The zero-order valence-electron chi connectivity index (χ0n) is 14.2. The molecule has 0 aliphatic rings. The number of halogens is 2. The molecule has 0 aliphatic carbocycles. The van der Waals surface area contributed by atoms with Crippen LogP contribution in [0.15, 0.2) is 41.2 Å². The molecule has 1 aromatic heterocycles. The van der Waals surface area contributed by atoms with Gasteiger partial charge >= 0.3 is 0 Å². The normalized spacial score (nSPS) is 10.4. The number of benzene rings is 2. The predicted octanol–water partition coefficient (Wildman–Crippen LogP) is 4.56. The van der Waals surface area contributed by atoms with Crippen LogP contribution in [0.1, 0.15) is 32.2 Å². The maximum atomic E-state index is 13.7. The Hall–Kier alpha value is -2.56. The average molecular weight is 330 g/mol. The first-order valence-electron chi connectivity index (χ1n) is 7.99. The van der Waals surface area contributed by atoms with E-state index < -0.39 is 0 Å². The van der Waals surface area contributed by atoms with Gasteiger partial charge in [-0.15, -0.1) is 0 Å². The van der Waals surface area contributed by atoms with Crippen molar-refractivity contribution in [3.63, 3.8) is 0 Å². The number of aryl methyl sites for hydroxylation is 2. The van der Waals surface area contributed by atoms with Gasteiger partial charge in [-0.05, 0) is 42.8 Å². The molecule has 0 spiro atoms. The maximum absolute atomic E-state index is 13.7. The molecule has 0 fully saturated rings. The molecule has 0 saturated carbocycles. The molecule has 24 heavy (non-hydrogen) atoms. The Morgan fingerprint density at radius 3 is 2.29 bits per heavy atom. The van der Waals surface area contributed by atoms with Crippen LogP contribution in [-0.4, -0.2) is 9.55 Å². The number of hydrogen-bond acceptors (Lipinski definition) is 2. The van der Waals surface area contributed by atoms with Crippen molar-refractivity contribution in [2.24, 2.45) is 0 Å². The lowest BCUT2D eigenvalue weighted by Crippen LogP contribution is -2.23. The lowest BCUT2D eigenvalue weighted by atomic mass is 10.1. The van der Waals surface area contributed by atoms with Crippen LogP contribution < -0.4 is 5.56 Å². The minimum atomic E-state index is -0.388. The zero-order chi connectivity index (χ0) is 17.9. The van der Waals surface area contributed by atoms with Crippen molar-refractivity contribution < 1.29 is 8.78 Å². The summed E-state index contributed by atoms with van der Waals surface area (Å²) < 4.78 is 28.2. The highest BCUT2D eigenvalue weighted by atomic mass is 19.1. The molecule has 0 aliphatic heterocycles. The topological polar surface area (TPSA) is 34.9 Å². The van der Waals surface area contributed by atoms with E-state index in [-0.39, 0.29) is 17.2 Å². The fraction of sp³-hybridized carbons (Fsp3) is 0.263. The molecule has 0 bridgehead atoms. The van der Waals surface area contributed by atoms with Crippen LogP contribution in [0.2, 0.25) is 0 Å². The lowest BCUT2D eigenvalue weighted by molar-refractivity contribution is 0.619. The van der Waals surface area contributed by atoms with Crippen LogP contribution in [0, 0.1) is 18.6 Å². The Morgan fingerprint density at radius 2 is 1.71 bits per heavy atom. The van der Waals surface area contributed by atoms with E-state index >= 15 is 0 Å². The summed E-state index contributed by atoms with van der Waals surface area (Å²) in [7, 11) is 0. The van der Waals surface area contributed by atoms with E-state index in [2.05, 4.69) is 4.98 Å². The summed E-state index contributed by atoms with van der Waals surface area (Å²) in [6, 6.07) is 8.42. The molecule has 126 valence electrons. The summed E-state index contributed by atoms with van der Waals surface area (Å²) in [5.41, 5.74) is 0.987. The van der Waals surface area contributed by atoms with E-state index in [1.54, 1.807) is 6.92 Å². The molecule has 3 nitrogen and oxygen atoms in total. The van der Waals surface area contributed by atoms with Crippen molar-refractivity contribution in [3.8, 4) is 5.69 Å². The van der Waals surface area contributed by atoms with Crippen molar-refractivity contribution in [2.75, 3.05) is 0 Å². The van der Waals surface area contributed by atoms with Crippen molar-refractivity contribution >= 4 is 10.9 Å². The molecule has 5 heteroatoms.